The van der Waals surface area contributed by atoms with E-state index in [9.17, 15) is 19.2 Å². The molecule has 0 aliphatic carbocycles. The molecule has 40 heavy (non-hydrogen) atoms. The molecular weight excluding hydrogens is 540 g/mol. The number of carbonyl (C=O) groups excluding carboxylic acids is 4. The Morgan fingerprint density at radius 2 is 1.88 bits per heavy atom. The van der Waals surface area contributed by atoms with E-state index in [-0.39, 0.29) is 29.6 Å². The Morgan fingerprint density at radius 1 is 1.15 bits per heavy atom. The molecule has 1 amide bonds. The lowest BCUT2D eigenvalue weighted by Gasteiger charge is -2.29. The van der Waals surface area contributed by atoms with Gasteiger partial charge in [-0.15, -0.1) is 11.8 Å². The topological polar surface area (TPSA) is 139 Å². The van der Waals surface area contributed by atoms with E-state index in [0.717, 1.165) is 5.56 Å². The van der Waals surface area contributed by atoms with Gasteiger partial charge in [0.2, 0.25) is 0 Å². The van der Waals surface area contributed by atoms with Gasteiger partial charge in [0.15, 0.2) is 29.3 Å². The molecule has 0 bridgehead atoms. The molecule has 1 aromatic heterocycles. The fourth-order valence-electron chi connectivity index (χ4n) is 3.99. The highest BCUT2D eigenvalue weighted by Crippen LogP contribution is 2.30. The van der Waals surface area contributed by atoms with Gasteiger partial charge in [-0.05, 0) is 25.2 Å². The molecule has 12 heteroatoms. The van der Waals surface area contributed by atoms with Crippen molar-refractivity contribution in [1.29, 1.82) is 0 Å². The number of pyridine rings is 1. The van der Waals surface area contributed by atoms with Crippen molar-refractivity contribution in [2.75, 3.05) is 25.9 Å². The molecule has 1 aromatic carbocycles. The third-order valence-corrected chi connectivity index (χ3v) is 6.45. The number of benzene rings is 1. The first kappa shape index (κ1) is 30.7. The standard InChI is InChI=1S/C28H34N2O9S/c1-16(2)26(32)39-23-17(3)38-28(34)20(14-36-27(33)19(23)13-18-9-7-6-8-10-18)30-25(31)22-24(37-15-40-5)21(35-4)11-12-29-22/h6-12,16-17,19-20,23H,13-15H2,1-5H3,(H,30,31)/t17-,19+,20-,23?/m0/s1. The van der Waals surface area contributed by atoms with Crippen molar-refractivity contribution in [2.24, 2.45) is 11.8 Å². The SMILES string of the molecule is COc1ccnc(C(=O)N[C@H]2COC(=O)[C@H](Cc3ccccc3)C(OC(=O)C(C)C)[C@H](C)OC2=O)c1OCSC. The predicted octanol–water partition coefficient (Wildman–Crippen LogP) is 2.80. The molecule has 1 N–H and O–H groups in total. The summed E-state index contributed by atoms with van der Waals surface area (Å²) in [6.45, 7) is 4.35. The fourth-order valence-corrected chi connectivity index (χ4v) is 4.22. The molecule has 1 unspecified atom stereocenters. The lowest BCUT2D eigenvalue weighted by molar-refractivity contribution is -0.176. The number of carbonyl (C=O) groups is 4. The quantitative estimate of drug-likeness (QED) is 0.255. The van der Waals surface area contributed by atoms with E-state index >= 15 is 0 Å². The zero-order chi connectivity index (χ0) is 29.2. The van der Waals surface area contributed by atoms with Crippen LogP contribution in [0.3, 0.4) is 0 Å². The zero-order valence-corrected chi connectivity index (χ0v) is 23.9. The van der Waals surface area contributed by atoms with Crippen molar-refractivity contribution in [1.82, 2.24) is 10.3 Å². The van der Waals surface area contributed by atoms with Crippen LogP contribution in [0.1, 0.15) is 36.8 Å². The average Bonchev–Trinajstić information content (AvgIpc) is 2.98. The maximum absolute atomic E-state index is 13.4. The molecule has 2 heterocycles. The van der Waals surface area contributed by atoms with E-state index in [1.165, 1.54) is 38.1 Å². The van der Waals surface area contributed by atoms with E-state index in [1.54, 1.807) is 13.8 Å². The molecule has 1 aliphatic heterocycles. The van der Waals surface area contributed by atoms with Gasteiger partial charge in [-0.2, -0.15) is 0 Å². The normalized spacial score (nSPS) is 21.2. The van der Waals surface area contributed by atoms with E-state index < -0.39 is 60.5 Å². The van der Waals surface area contributed by atoms with Gasteiger partial charge in [-0.3, -0.25) is 14.4 Å². The maximum Gasteiger partial charge on any atom is 0.332 e. The van der Waals surface area contributed by atoms with Gasteiger partial charge in [-0.25, -0.2) is 9.78 Å². The van der Waals surface area contributed by atoms with Crippen molar-refractivity contribution in [3.05, 3.63) is 53.9 Å². The Morgan fingerprint density at radius 3 is 2.52 bits per heavy atom. The first-order valence-electron chi connectivity index (χ1n) is 12.7. The summed E-state index contributed by atoms with van der Waals surface area (Å²) in [7, 11) is 1.42. The molecule has 0 spiro atoms. The number of esters is 3. The highest BCUT2D eigenvalue weighted by Gasteiger charge is 2.42. The highest BCUT2D eigenvalue weighted by molar-refractivity contribution is 7.98. The van der Waals surface area contributed by atoms with Gasteiger partial charge in [0, 0.05) is 12.3 Å². The van der Waals surface area contributed by atoms with Gasteiger partial charge in [-0.1, -0.05) is 44.2 Å². The van der Waals surface area contributed by atoms with Crippen molar-refractivity contribution in [2.45, 2.75) is 45.4 Å². The molecule has 2 aromatic rings. The Bertz CT molecular complexity index is 1190. The van der Waals surface area contributed by atoms with Gasteiger partial charge in [0.1, 0.15) is 24.6 Å². The summed E-state index contributed by atoms with van der Waals surface area (Å²) in [4.78, 5) is 56.4. The molecule has 0 radical (unpaired) electrons. The monoisotopic (exact) mass is 574 g/mol. The number of cyclic esters (lactones) is 2. The van der Waals surface area contributed by atoms with Gasteiger partial charge < -0.3 is 29.0 Å². The zero-order valence-electron chi connectivity index (χ0n) is 23.1. The molecule has 4 atom stereocenters. The average molecular weight is 575 g/mol. The van der Waals surface area contributed by atoms with Crippen LogP contribution >= 0.6 is 11.8 Å². The smallest absolute Gasteiger partial charge is 0.332 e. The summed E-state index contributed by atoms with van der Waals surface area (Å²) in [5, 5.41) is 2.52. The second-order valence-corrected chi connectivity index (χ2v) is 10.2. The number of thioether (sulfide) groups is 1. The van der Waals surface area contributed by atoms with E-state index in [1.807, 2.05) is 36.6 Å². The van der Waals surface area contributed by atoms with E-state index in [4.69, 9.17) is 23.7 Å². The number of hydrogen-bond acceptors (Lipinski definition) is 11. The minimum atomic E-state index is -1.36. The van der Waals surface area contributed by atoms with Gasteiger partial charge >= 0.3 is 17.9 Å². The number of ether oxygens (including phenoxy) is 5. The minimum absolute atomic E-state index is 0.0993. The Balaban J connectivity index is 1.88. The van der Waals surface area contributed by atoms with Crippen LogP contribution in [0.2, 0.25) is 0 Å². The lowest BCUT2D eigenvalue weighted by Crippen LogP contribution is -2.47. The fraction of sp³-hybridized carbons (Fsp3) is 0.464. The van der Waals surface area contributed by atoms with Crippen molar-refractivity contribution >= 4 is 35.6 Å². The summed E-state index contributed by atoms with van der Waals surface area (Å²) in [5.74, 6) is -3.71. The molecule has 11 nitrogen and oxygen atoms in total. The van der Waals surface area contributed by atoms with Crippen molar-refractivity contribution in [3.63, 3.8) is 0 Å². The number of amides is 1. The number of nitrogens with one attached hydrogen (secondary N) is 1. The molecule has 216 valence electrons. The predicted molar refractivity (Wildman–Crippen MR) is 146 cm³/mol. The largest absolute Gasteiger partial charge is 0.493 e. The Labute approximate surface area is 237 Å². The summed E-state index contributed by atoms with van der Waals surface area (Å²) in [6.07, 6.45) is 1.23. The summed E-state index contributed by atoms with van der Waals surface area (Å²) >= 11 is 1.38. The molecule has 3 rings (SSSR count). The van der Waals surface area contributed by atoms with Crippen LogP contribution in [0, 0.1) is 11.8 Å². The molecular formula is C28H34N2O9S. The number of methoxy groups -OCH3 is 1. The van der Waals surface area contributed by atoms with Crippen LogP contribution in [0.4, 0.5) is 0 Å². The van der Waals surface area contributed by atoms with Crippen molar-refractivity contribution in [3.8, 4) is 11.5 Å². The van der Waals surface area contributed by atoms with Crippen LogP contribution in [0.5, 0.6) is 11.5 Å². The molecule has 1 saturated heterocycles. The van der Waals surface area contributed by atoms with Crippen LogP contribution in [0.15, 0.2) is 42.6 Å². The first-order valence-corrected chi connectivity index (χ1v) is 14.1. The second kappa shape index (κ2) is 14.5. The molecule has 0 saturated carbocycles. The van der Waals surface area contributed by atoms with Crippen LogP contribution in [-0.2, 0) is 35.0 Å². The highest BCUT2D eigenvalue weighted by atomic mass is 32.2. The maximum atomic E-state index is 13.4. The number of hydrogen-bond donors (Lipinski definition) is 1. The third kappa shape index (κ3) is 7.87. The summed E-state index contributed by atoms with van der Waals surface area (Å²) < 4.78 is 27.7. The first-order chi connectivity index (χ1) is 19.2. The molecule has 1 fully saturated rings. The van der Waals surface area contributed by atoms with E-state index in [0.29, 0.717) is 0 Å². The van der Waals surface area contributed by atoms with Gasteiger partial charge in [0.25, 0.3) is 5.91 Å². The van der Waals surface area contributed by atoms with Crippen LogP contribution in [-0.4, -0.2) is 73.0 Å². The molecule has 1 aliphatic rings. The lowest BCUT2D eigenvalue weighted by atomic mass is 9.91. The van der Waals surface area contributed by atoms with Crippen LogP contribution < -0.4 is 14.8 Å². The van der Waals surface area contributed by atoms with E-state index in [2.05, 4.69) is 10.3 Å². The number of nitrogens with zero attached hydrogens (tertiary/aromatic N) is 1. The Kier molecular flexibility index (Phi) is 11.2. The number of aromatic nitrogens is 1. The van der Waals surface area contributed by atoms with Crippen molar-refractivity contribution < 1.29 is 42.9 Å². The second-order valence-electron chi connectivity index (χ2n) is 9.39. The Hall–Kier alpha value is -3.80. The van der Waals surface area contributed by atoms with Crippen LogP contribution in [0.25, 0.3) is 0 Å². The van der Waals surface area contributed by atoms with Gasteiger partial charge in [0.05, 0.1) is 13.0 Å². The minimum Gasteiger partial charge on any atom is -0.493 e. The summed E-state index contributed by atoms with van der Waals surface area (Å²) in [5.41, 5.74) is 0.686. The number of rotatable bonds is 10. The summed E-state index contributed by atoms with van der Waals surface area (Å²) in [6, 6.07) is 9.33. The third-order valence-electron chi connectivity index (χ3n) is 6.09.